The van der Waals surface area contributed by atoms with Gasteiger partial charge in [0.05, 0.1) is 11.7 Å². The van der Waals surface area contributed by atoms with Crippen molar-refractivity contribution in [2.45, 2.75) is 50.6 Å². The van der Waals surface area contributed by atoms with Crippen LogP contribution in [0.3, 0.4) is 0 Å². The van der Waals surface area contributed by atoms with Crippen molar-refractivity contribution in [1.29, 1.82) is 0 Å². The molecular formula is C16H20BrFN2O. The van der Waals surface area contributed by atoms with E-state index in [0.717, 1.165) is 25.2 Å². The van der Waals surface area contributed by atoms with Gasteiger partial charge in [-0.05, 0) is 65.7 Å². The molecule has 1 aliphatic carbocycles. The van der Waals surface area contributed by atoms with Gasteiger partial charge in [0.2, 0.25) is 5.91 Å². The SMILES string of the molecule is O=C(Nc1cc(F)ccc1Br)C1CCC2CCCCC2N1. The summed E-state index contributed by atoms with van der Waals surface area (Å²) in [5, 5.41) is 6.32. The highest BCUT2D eigenvalue weighted by molar-refractivity contribution is 9.10. The zero-order valence-corrected chi connectivity index (χ0v) is 13.5. The fraction of sp³-hybridized carbons (Fsp3) is 0.562. The van der Waals surface area contributed by atoms with Crippen molar-refractivity contribution >= 4 is 27.5 Å². The lowest BCUT2D eigenvalue weighted by atomic mass is 9.77. The Labute approximate surface area is 132 Å². The Morgan fingerprint density at radius 1 is 1.24 bits per heavy atom. The molecule has 3 nitrogen and oxygen atoms in total. The monoisotopic (exact) mass is 354 g/mol. The Morgan fingerprint density at radius 2 is 2.05 bits per heavy atom. The number of halogens is 2. The second kappa shape index (κ2) is 6.44. The van der Waals surface area contributed by atoms with Gasteiger partial charge in [-0.2, -0.15) is 0 Å². The predicted molar refractivity (Wildman–Crippen MR) is 84.6 cm³/mol. The maximum Gasteiger partial charge on any atom is 0.241 e. The van der Waals surface area contributed by atoms with Crippen LogP contribution in [0.5, 0.6) is 0 Å². The third kappa shape index (κ3) is 3.46. The second-order valence-electron chi connectivity index (χ2n) is 6.06. The smallest absolute Gasteiger partial charge is 0.241 e. The molecule has 21 heavy (non-hydrogen) atoms. The summed E-state index contributed by atoms with van der Waals surface area (Å²) >= 11 is 3.34. The van der Waals surface area contributed by atoms with Crippen molar-refractivity contribution in [2.24, 2.45) is 5.92 Å². The topological polar surface area (TPSA) is 41.1 Å². The molecule has 3 unspecified atom stereocenters. The molecule has 1 saturated heterocycles. The predicted octanol–water partition coefficient (Wildman–Crippen LogP) is 3.84. The zero-order valence-electron chi connectivity index (χ0n) is 11.9. The second-order valence-corrected chi connectivity index (χ2v) is 6.92. The van der Waals surface area contributed by atoms with Crippen molar-refractivity contribution in [3.63, 3.8) is 0 Å². The van der Waals surface area contributed by atoms with Crippen LogP contribution in [-0.2, 0) is 4.79 Å². The van der Waals surface area contributed by atoms with Gasteiger partial charge in [0.1, 0.15) is 5.82 Å². The minimum absolute atomic E-state index is 0.0645. The molecule has 2 fully saturated rings. The van der Waals surface area contributed by atoms with Gasteiger partial charge in [0, 0.05) is 10.5 Å². The Hall–Kier alpha value is -0.940. The van der Waals surface area contributed by atoms with Gasteiger partial charge < -0.3 is 10.6 Å². The highest BCUT2D eigenvalue weighted by Crippen LogP contribution is 2.32. The largest absolute Gasteiger partial charge is 0.324 e. The lowest BCUT2D eigenvalue weighted by Gasteiger charge is -2.39. The van der Waals surface area contributed by atoms with E-state index in [1.807, 2.05) is 0 Å². The summed E-state index contributed by atoms with van der Waals surface area (Å²) in [5.74, 6) is 0.312. The van der Waals surface area contributed by atoms with Gasteiger partial charge in [-0.1, -0.05) is 12.8 Å². The van der Waals surface area contributed by atoms with Crippen LogP contribution in [0.25, 0.3) is 0 Å². The van der Waals surface area contributed by atoms with E-state index >= 15 is 0 Å². The number of benzene rings is 1. The summed E-state index contributed by atoms with van der Waals surface area (Å²) in [5.41, 5.74) is 0.493. The first-order chi connectivity index (χ1) is 10.1. The van der Waals surface area contributed by atoms with Crippen LogP contribution in [0.4, 0.5) is 10.1 Å². The molecule has 0 aromatic heterocycles. The molecule has 5 heteroatoms. The maximum absolute atomic E-state index is 13.3. The Morgan fingerprint density at radius 3 is 2.90 bits per heavy atom. The van der Waals surface area contributed by atoms with E-state index in [1.54, 1.807) is 6.07 Å². The van der Waals surface area contributed by atoms with Gasteiger partial charge in [-0.15, -0.1) is 0 Å². The number of nitrogens with one attached hydrogen (secondary N) is 2. The number of hydrogen-bond acceptors (Lipinski definition) is 2. The van der Waals surface area contributed by atoms with Crippen LogP contribution in [0, 0.1) is 11.7 Å². The van der Waals surface area contributed by atoms with E-state index in [4.69, 9.17) is 0 Å². The summed E-state index contributed by atoms with van der Waals surface area (Å²) in [6, 6.07) is 4.62. The van der Waals surface area contributed by atoms with Gasteiger partial charge in [0.25, 0.3) is 0 Å². The molecule has 2 aliphatic rings. The number of fused-ring (bicyclic) bond motifs is 1. The van der Waals surface area contributed by atoms with Crippen LogP contribution in [-0.4, -0.2) is 18.0 Å². The van der Waals surface area contributed by atoms with Gasteiger partial charge in [0.15, 0.2) is 0 Å². The molecule has 114 valence electrons. The quantitative estimate of drug-likeness (QED) is 0.847. The first-order valence-electron chi connectivity index (χ1n) is 7.65. The highest BCUT2D eigenvalue weighted by atomic mass is 79.9. The number of carbonyl (C=O) groups is 1. The van der Waals surface area contributed by atoms with Crippen LogP contribution >= 0.6 is 15.9 Å². The van der Waals surface area contributed by atoms with E-state index in [9.17, 15) is 9.18 Å². The average Bonchev–Trinajstić information content (AvgIpc) is 2.50. The molecule has 0 spiro atoms. The Bertz CT molecular complexity index is 537. The third-order valence-electron chi connectivity index (χ3n) is 4.65. The average molecular weight is 355 g/mol. The van der Waals surface area contributed by atoms with E-state index < -0.39 is 0 Å². The van der Waals surface area contributed by atoms with Gasteiger partial charge in [-0.3, -0.25) is 4.79 Å². The minimum Gasteiger partial charge on any atom is -0.324 e. The molecule has 0 radical (unpaired) electrons. The lowest BCUT2D eigenvalue weighted by molar-refractivity contribution is -0.119. The van der Waals surface area contributed by atoms with Crippen LogP contribution in [0.1, 0.15) is 38.5 Å². The van der Waals surface area contributed by atoms with Crippen molar-refractivity contribution in [3.8, 4) is 0 Å². The van der Waals surface area contributed by atoms with Crippen LogP contribution in [0.2, 0.25) is 0 Å². The summed E-state index contributed by atoms with van der Waals surface area (Å²) in [6.45, 7) is 0. The molecule has 1 aliphatic heterocycles. The molecule has 3 atom stereocenters. The summed E-state index contributed by atoms with van der Waals surface area (Å²) in [7, 11) is 0. The van der Waals surface area contributed by atoms with Crippen molar-refractivity contribution in [2.75, 3.05) is 5.32 Å². The maximum atomic E-state index is 13.3. The van der Waals surface area contributed by atoms with E-state index in [1.165, 1.54) is 31.4 Å². The summed E-state index contributed by atoms with van der Waals surface area (Å²) in [4.78, 5) is 12.4. The first kappa shape index (κ1) is 15.0. The molecule has 2 N–H and O–H groups in total. The Balaban J connectivity index is 1.64. The summed E-state index contributed by atoms with van der Waals surface area (Å²) < 4.78 is 14.0. The van der Waals surface area contributed by atoms with Gasteiger partial charge >= 0.3 is 0 Å². The molecule has 1 saturated carbocycles. The van der Waals surface area contributed by atoms with E-state index in [2.05, 4.69) is 26.6 Å². The van der Waals surface area contributed by atoms with E-state index in [0.29, 0.717) is 16.2 Å². The van der Waals surface area contributed by atoms with E-state index in [-0.39, 0.29) is 17.8 Å². The number of rotatable bonds is 2. The first-order valence-corrected chi connectivity index (χ1v) is 8.45. The number of anilines is 1. The zero-order chi connectivity index (χ0) is 14.8. The molecule has 1 aromatic carbocycles. The number of hydrogen-bond donors (Lipinski definition) is 2. The lowest BCUT2D eigenvalue weighted by Crippen LogP contribution is -2.53. The van der Waals surface area contributed by atoms with Crippen LogP contribution < -0.4 is 10.6 Å². The molecule has 1 amide bonds. The summed E-state index contributed by atoms with van der Waals surface area (Å²) in [6.07, 6.45) is 6.98. The number of piperidine rings is 1. The fourth-order valence-corrected chi connectivity index (χ4v) is 3.86. The highest BCUT2D eigenvalue weighted by Gasteiger charge is 2.34. The third-order valence-corrected chi connectivity index (χ3v) is 5.34. The Kier molecular flexibility index (Phi) is 4.60. The van der Waals surface area contributed by atoms with Crippen molar-refractivity contribution in [3.05, 3.63) is 28.5 Å². The number of carbonyl (C=O) groups excluding carboxylic acids is 1. The van der Waals surface area contributed by atoms with Crippen molar-refractivity contribution < 1.29 is 9.18 Å². The van der Waals surface area contributed by atoms with Crippen molar-refractivity contribution in [1.82, 2.24) is 5.32 Å². The molecule has 1 aromatic rings. The normalized spacial score (nSPS) is 28.8. The van der Waals surface area contributed by atoms with Crippen LogP contribution in [0.15, 0.2) is 22.7 Å². The van der Waals surface area contributed by atoms with Gasteiger partial charge in [-0.25, -0.2) is 4.39 Å². The molecule has 0 bridgehead atoms. The molecule has 1 heterocycles. The molecular weight excluding hydrogens is 335 g/mol. The molecule has 3 rings (SSSR count). The standard InChI is InChI=1S/C16H20BrFN2O/c17-12-7-6-11(18)9-15(12)20-16(21)14-8-5-10-3-1-2-4-13(10)19-14/h6-7,9-10,13-14,19H,1-5,8H2,(H,20,21). The minimum atomic E-state index is -0.350. The fourth-order valence-electron chi connectivity index (χ4n) is 3.52. The number of amides is 1.